The Kier molecular flexibility index (Phi) is 4.63. The second-order valence-electron chi connectivity index (χ2n) is 5.87. The number of amides is 1. The molecule has 0 saturated carbocycles. The molecule has 19 heavy (non-hydrogen) atoms. The second kappa shape index (κ2) is 6.06. The highest BCUT2D eigenvalue weighted by Gasteiger charge is 2.27. The van der Waals surface area contributed by atoms with Gasteiger partial charge in [0.1, 0.15) is 0 Å². The van der Waals surface area contributed by atoms with Crippen molar-refractivity contribution in [3.63, 3.8) is 0 Å². The fraction of sp³-hybridized carbons (Fsp3) is 0.533. The SMILES string of the molecule is CC(C)(Cc1cccc(Br)c1)NC(=O)[C@@H]1CCNC1. The van der Waals surface area contributed by atoms with Gasteiger partial charge in [0.15, 0.2) is 0 Å². The number of nitrogens with one attached hydrogen (secondary N) is 2. The molecule has 104 valence electrons. The van der Waals surface area contributed by atoms with Crippen LogP contribution in [0.25, 0.3) is 0 Å². The number of benzene rings is 1. The summed E-state index contributed by atoms with van der Waals surface area (Å²) < 4.78 is 1.08. The van der Waals surface area contributed by atoms with Crippen LogP contribution in [0.15, 0.2) is 28.7 Å². The van der Waals surface area contributed by atoms with E-state index in [1.165, 1.54) is 5.56 Å². The number of halogens is 1. The predicted octanol–water partition coefficient (Wildman–Crippen LogP) is 2.50. The molecule has 0 radical (unpaired) electrons. The van der Waals surface area contributed by atoms with E-state index in [9.17, 15) is 4.79 Å². The fourth-order valence-corrected chi connectivity index (χ4v) is 2.96. The normalized spacial score (nSPS) is 19.4. The lowest BCUT2D eigenvalue weighted by Crippen LogP contribution is -2.48. The molecule has 3 nitrogen and oxygen atoms in total. The molecule has 1 aromatic rings. The van der Waals surface area contributed by atoms with Gasteiger partial charge in [0.2, 0.25) is 5.91 Å². The van der Waals surface area contributed by atoms with E-state index in [1.54, 1.807) is 0 Å². The van der Waals surface area contributed by atoms with Crippen molar-refractivity contribution in [1.29, 1.82) is 0 Å². The van der Waals surface area contributed by atoms with Gasteiger partial charge in [-0.25, -0.2) is 0 Å². The zero-order valence-corrected chi connectivity index (χ0v) is 13.1. The Hall–Kier alpha value is -0.870. The smallest absolute Gasteiger partial charge is 0.224 e. The zero-order chi connectivity index (χ0) is 13.9. The maximum Gasteiger partial charge on any atom is 0.224 e. The summed E-state index contributed by atoms with van der Waals surface area (Å²) in [6.07, 6.45) is 1.77. The van der Waals surface area contributed by atoms with Crippen LogP contribution in [0.1, 0.15) is 25.8 Å². The standard InChI is InChI=1S/C15H21BrN2O/c1-15(2,9-11-4-3-5-13(16)8-11)18-14(19)12-6-7-17-10-12/h3-5,8,12,17H,6-7,9-10H2,1-2H3,(H,18,19)/t12-/m1/s1. The molecule has 1 aromatic carbocycles. The first-order chi connectivity index (χ1) is 8.96. The van der Waals surface area contributed by atoms with E-state index in [2.05, 4.69) is 52.5 Å². The van der Waals surface area contributed by atoms with E-state index >= 15 is 0 Å². The van der Waals surface area contributed by atoms with Crippen molar-refractivity contribution in [2.24, 2.45) is 5.92 Å². The molecule has 0 aromatic heterocycles. The highest BCUT2D eigenvalue weighted by Crippen LogP contribution is 2.18. The van der Waals surface area contributed by atoms with Gasteiger partial charge in [-0.3, -0.25) is 4.79 Å². The Morgan fingerprint density at radius 2 is 2.32 bits per heavy atom. The van der Waals surface area contributed by atoms with Gasteiger partial charge < -0.3 is 10.6 Å². The lowest BCUT2D eigenvalue weighted by Gasteiger charge is -2.28. The van der Waals surface area contributed by atoms with Gasteiger partial charge in [0, 0.05) is 16.6 Å². The molecule has 1 aliphatic rings. The van der Waals surface area contributed by atoms with Crippen LogP contribution in [-0.4, -0.2) is 24.5 Å². The van der Waals surface area contributed by atoms with Gasteiger partial charge in [-0.1, -0.05) is 28.1 Å². The molecule has 0 unspecified atom stereocenters. The molecule has 0 bridgehead atoms. The maximum atomic E-state index is 12.2. The Balaban J connectivity index is 1.95. The minimum absolute atomic E-state index is 0.127. The van der Waals surface area contributed by atoms with Gasteiger partial charge >= 0.3 is 0 Å². The first-order valence-electron chi connectivity index (χ1n) is 6.73. The van der Waals surface area contributed by atoms with E-state index in [4.69, 9.17) is 0 Å². The van der Waals surface area contributed by atoms with Crippen molar-refractivity contribution >= 4 is 21.8 Å². The van der Waals surface area contributed by atoms with Crippen molar-refractivity contribution in [2.45, 2.75) is 32.2 Å². The molecule has 1 heterocycles. The van der Waals surface area contributed by atoms with Gasteiger partial charge in [0.25, 0.3) is 0 Å². The largest absolute Gasteiger partial charge is 0.351 e. The van der Waals surface area contributed by atoms with Crippen LogP contribution in [0, 0.1) is 5.92 Å². The summed E-state index contributed by atoms with van der Waals surface area (Å²) in [5.41, 5.74) is 1.00. The van der Waals surface area contributed by atoms with E-state index < -0.39 is 0 Å². The molecule has 1 saturated heterocycles. The van der Waals surface area contributed by atoms with E-state index in [1.807, 2.05) is 12.1 Å². The van der Waals surface area contributed by atoms with E-state index in [0.29, 0.717) is 0 Å². The van der Waals surface area contributed by atoms with Crippen molar-refractivity contribution in [3.8, 4) is 0 Å². The predicted molar refractivity (Wildman–Crippen MR) is 81.0 cm³/mol. The zero-order valence-electron chi connectivity index (χ0n) is 11.5. The number of carbonyl (C=O) groups excluding carboxylic acids is 1. The highest BCUT2D eigenvalue weighted by atomic mass is 79.9. The van der Waals surface area contributed by atoms with Crippen molar-refractivity contribution in [2.75, 3.05) is 13.1 Å². The molecule has 1 fully saturated rings. The molecule has 1 aliphatic heterocycles. The number of carbonyl (C=O) groups is 1. The summed E-state index contributed by atoms with van der Waals surface area (Å²) >= 11 is 3.48. The highest BCUT2D eigenvalue weighted by molar-refractivity contribution is 9.10. The van der Waals surface area contributed by atoms with Crippen molar-refractivity contribution < 1.29 is 4.79 Å². The van der Waals surface area contributed by atoms with Crippen LogP contribution >= 0.6 is 15.9 Å². The average Bonchev–Trinajstić information content (AvgIpc) is 2.80. The first-order valence-corrected chi connectivity index (χ1v) is 7.53. The lowest BCUT2D eigenvalue weighted by atomic mass is 9.94. The summed E-state index contributed by atoms with van der Waals surface area (Å²) in [5, 5.41) is 6.40. The molecule has 0 spiro atoms. The lowest BCUT2D eigenvalue weighted by molar-refractivity contribution is -0.126. The minimum atomic E-state index is -0.222. The summed E-state index contributed by atoms with van der Waals surface area (Å²) in [7, 11) is 0. The molecule has 1 amide bonds. The van der Waals surface area contributed by atoms with Crippen LogP contribution in [0.4, 0.5) is 0 Å². The molecule has 4 heteroatoms. The monoisotopic (exact) mass is 324 g/mol. The molecular weight excluding hydrogens is 304 g/mol. The Labute approximate surface area is 123 Å². The maximum absolute atomic E-state index is 12.2. The summed E-state index contributed by atoms with van der Waals surface area (Å²) in [5.74, 6) is 0.298. The van der Waals surface area contributed by atoms with Crippen LogP contribution in [0.3, 0.4) is 0 Å². The van der Waals surface area contributed by atoms with Crippen molar-refractivity contribution in [3.05, 3.63) is 34.3 Å². The Bertz CT molecular complexity index is 453. The van der Waals surface area contributed by atoms with Gasteiger partial charge in [-0.05, 0) is 50.9 Å². The molecule has 0 aliphatic carbocycles. The molecular formula is C15H21BrN2O. The van der Waals surface area contributed by atoms with Crippen LogP contribution < -0.4 is 10.6 Å². The van der Waals surface area contributed by atoms with E-state index in [-0.39, 0.29) is 17.4 Å². The van der Waals surface area contributed by atoms with Crippen LogP contribution in [0.2, 0.25) is 0 Å². The fourth-order valence-electron chi connectivity index (χ4n) is 2.52. The number of hydrogen-bond acceptors (Lipinski definition) is 2. The third-order valence-corrected chi connectivity index (χ3v) is 3.92. The molecule has 1 atom stereocenters. The van der Waals surface area contributed by atoms with Crippen LogP contribution in [0.5, 0.6) is 0 Å². The molecule has 2 N–H and O–H groups in total. The summed E-state index contributed by atoms with van der Waals surface area (Å²) in [6, 6.07) is 8.23. The average molecular weight is 325 g/mol. The minimum Gasteiger partial charge on any atom is -0.351 e. The van der Waals surface area contributed by atoms with Gasteiger partial charge in [0.05, 0.1) is 5.92 Å². The summed E-state index contributed by atoms with van der Waals surface area (Å²) in [4.78, 5) is 12.2. The molecule has 2 rings (SSSR count). The van der Waals surface area contributed by atoms with E-state index in [0.717, 1.165) is 30.4 Å². The number of rotatable bonds is 4. The van der Waals surface area contributed by atoms with Crippen molar-refractivity contribution in [1.82, 2.24) is 10.6 Å². The Morgan fingerprint density at radius 3 is 2.95 bits per heavy atom. The second-order valence-corrected chi connectivity index (χ2v) is 6.79. The summed E-state index contributed by atoms with van der Waals surface area (Å²) in [6.45, 7) is 5.91. The third-order valence-electron chi connectivity index (χ3n) is 3.43. The van der Waals surface area contributed by atoms with Crippen LogP contribution in [-0.2, 0) is 11.2 Å². The number of hydrogen-bond donors (Lipinski definition) is 2. The third kappa shape index (κ3) is 4.32. The first kappa shape index (κ1) is 14.5. The van der Waals surface area contributed by atoms with Gasteiger partial charge in [-0.15, -0.1) is 0 Å². The topological polar surface area (TPSA) is 41.1 Å². The van der Waals surface area contributed by atoms with Gasteiger partial charge in [-0.2, -0.15) is 0 Å². The Morgan fingerprint density at radius 1 is 1.53 bits per heavy atom. The quantitative estimate of drug-likeness (QED) is 0.893.